The summed E-state index contributed by atoms with van der Waals surface area (Å²) in [5.74, 6) is 1.38. The number of H-pyrrole nitrogens is 1. The van der Waals surface area contributed by atoms with Crippen LogP contribution in [0.15, 0.2) is 64.5 Å². The molecule has 1 aliphatic rings. The molecule has 2 heterocycles. The number of carbonyl (C=O) groups excluding carboxylic acids is 1. The molecule has 1 aromatic heterocycles. The summed E-state index contributed by atoms with van der Waals surface area (Å²) in [6.45, 7) is 1.22. The highest BCUT2D eigenvalue weighted by Crippen LogP contribution is 2.30. The van der Waals surface area contributed by atoms with Gasteiger partial charge >= 0.3 is 5.69 Å². The molecule has 156 valence electrons. The Morgan fingerprint density at radius 2 is 1.93 bits per heavy atom. The van der Waals surface area contributed by atoms with Crippen molar-refractivity contribution < 1.29 is 14.3 Å². The monoisotopic (exact) mass is 426 g/mol. The molecule has 0 bridgehead atoms. The maximum Gasteiger partial charge on any atom is 0.343 e. The molecule has 0 aliphatic carbocycles. The van der Waals surface area contributed by atoms with Gasteiger partial charge in [0.2, 0.25) is 5.91 Å². The first kappa shape index (κ1) is 20.1. The van der Waals surface area contributed by atoms with Crippen LogP contribution in [-0.2, 0) is 17.8 Å². The minimum Gasteiger partial charge on any atom is -0.486 e. The summed E-state index contributed by atoms with van der Waals surface area (Å²) < 4.78 is 13.0. The fourth-order valence-corrected chi connectivity index (χ4v) is 3.87. The van der Waals surface area contributed by atoms with E-state index in [0.717, 1.165) is 5.56 Å². The third-order valence-electron chi connectivity index (χ3n) is 4.62. The largest absolute Gasteiger partial charge is 0.486 e. The van der Waals surface area contributed by atoms with Gasteiger partial charge < -0.3 is 14.8 Å². The van der Waals surface area contributed by atoms with E-state index in [0.29, 0.717) is 42.8 Å². The molecule has 30 heavy (non-hydrogen) atoms. The number of rotatable bonds is 8. The smallest absolute Gasteiger partial charge is 0.343 e. The molecule has 9 heteroatoms. The Kier molecular flexibility index (Phi) is 6.38. The van der Waals surface area contributed by atoms with Gasteiger partial charge in [0.15, 0.2) is 16.7 Å². The van der Waals surface area contributed by atoms with Gasteiger partial charge in [-0.3, -0.25) is 9.36 Å². The first-order valence-electron chi connectivity index (χ1n) is 9.66. The van der Waals surface area contributed by atoms with E-state index in [-0.39, 0.29) is 23.5 Å². The number of ether oxygens (including phenoxy) is 2. The fraction of sp³-hybridized carbons (Fsp3) is 0.286. The number of carbonyl (C=O) groups is 1. The number of benzene rings is 2. The summed E-state index contributed by atoms with van der Waals surface area (Å²) in [6.07, 6.45) is 0.462. The first-order valence-corrected chi connectivity index (χ1v) is 10.6. The second-order valence-electron chi connectivity index (χ2n) is 6.79. The highest BCUT2D eigenvalue weighted by atomic mass is 32.2. The van der Waals surface area contributed by atoms with Gasteiger partial charge in [0.25, 0.3) is 0 Å². The van der Waals surface area contributed by atoms with Crippen molar-refractivity contribution in [1.82, 2.24) is 20.1 Å². The number of aryl methyl sites for hydroxylation is 1. The van der Waals surface area contributed by atoms with Crippen molar-refractivity contribution in [1.29, 1.82) is 0 Å². The minimum absolute atomic E-state index is 0.153. The number of thioether (sulfide) groups is 1. The standard InChI is InChI=1S/C21H22N4O4S/c26-19(22-12-16-13-28-17-8-4-5-9-18(17)29-16)14-30-21-24-23-20(27)25(21)11-10-15-6-2-1-3-7-15/h1-9,16H,10-14H2,(H,22,26)(H,23,27)/t16-/m1/s1. The molecule has 2 N–H and O–H groups in total. The molecule has 0 saturated heterocycles. The Hall–Kier alpha value is -3.20. The Labute approximate surface area is 177 Å². The van der Waals surface area contributed by atoms with Crippen molar-refractivity contribution in [2.45, 2.75) is 24.2 Å². The summed E-state index contributed by atoms with van der Waals surface area (Å²) in [4.78, 5) is 24.3. The van der Waals surface area contributed by atoms with Crippen LogP contribution in [0.25, 0.3) is 0 Å². The maximum atomic E-state index is 12.2. The molecule has 0 spiro atoms. The third-order valence-corrected chi connectivity index (χ3v) is 5.59. The summed E-state index contributed by atoms with van der Waals surface area (Å²) in [5, 5.41) is 9.84. The van der Waals surface area contributed by atoms with Gasteiger partial charge in [0.1, 0.15) is 12.7 Å². The van der Waals surface area contributed by atoms with Crippen LogP contribution in [0.1, 0.15) is 5.56 Å². The zero-order valence-electron chi connectivity index (χ0n) is 16.2. The summed E-state index contributed by atoms with van der Waals surface area (Å²) in [7, 11) is 0. The van der Waals surface area contributed by atoms with E-state index in [1.165, 1.54) is 11.8 Å². The average molecular weight is 426 g/mol. The Balaban J connectivity index is 1.25. The van der Waals surface area contributed by atoms with Gasteiger partial charge in [0, 0.05) is 6.54 Å². The summed E-state index contributed by atoms with van der Waals surface area (Å²) in [5.41, 5.74) is 0.857. The molecule has 8 nitrogen and oxygen atoms in total. The van der Waals surface area contributed by atoms with Crippen molar-refractivity contribution in [3.8, 4) is 11.5 Å². The summed E-state index contributed by atoms with van der Waals surface area (Å²) >= 11 is 1.22. The van der Waals surface area contributed by atoms with Crippen LogP contribution >= 0.6 is 11.8 Å². The zero-order valence-corrected chi connectivity index (χ0v) is 17.1. The molecule has 0 saturated carbocycles. The van der Waals surface area contributed by atoms with Gasteiger partial charge in [-0.25, -0.2) is 9.89 Å². The van der Waals surface area contributed by atoms with Gasteiger partial charge in [-0.05, 0) is 24.1 Å². The minimum atomic E-state index is -0.278. The lowest BCUT2D eigenvalue weighted by Gasteiger charge is -2.26. The van der Waals surface area contributed by atoms with Crippen LogP contribution in [0, 0.1) is 0 Å². The molecular formula is C21H22N4O4S. The lowest BCUT2D eigenvalue weighted by Crippen LogP contribution is -2.41. The molecule has 1 atom stereocenters. The fourth-order valence-electron chi connectivity index (χ4n) is 3.07. The maximum absolute atomic E-state index is 12.2. The van der Waals surface area contributed by atoms with E-state index in [1.807, 2.05) is 54.6 Å². The summed E-state index contributed by atoms with van der Waals surface area (Å²) in [6, 6.07) is 17.4. The predicted molar refractivity (Wildman–Crippen MR) is 113 cm³/mol. The van der Waals surface area contributed by atoms with Crippen LogP contribution in [-0.4, -0.2) is 45.7 Å². The van der Waals surface area contributed by atoms with Crippen molar-refractivity contribution in [2.24, 2.45) is 0 Å². The number of para-hydroxylation sites is 2. The quantitative estimate of drug-likeness (QED) is 0.534. The highest BCUT2D eigenvalue weighted by molar-refractivity contribution is 7.99. The van der Waals surface area contributed by atoms with Crippen molar-refractivity contribution in [3.05, 3.63) is 70.6 Å². The second kappa shape index (κ2) is 9.53. The number of aromatic amines is 1. The average Bonchev–Trinajstić information content (AvgIpc) is 3.14. The van der Waals surface area contributed by atoms with E-state index < -0.39 is 0 Å². The van der Waals surface area contributed by atoms with Crippen LogP contribution in [0.5, 0.6) is 11.5 Å². The van der Waals surface area contributed by atoms with Gasteiger partial charge in [-0.2, -0.15) is 0 Å². The van der Waals surface area contributed by atoms with Gasteiger partial charge in [-0.15, -0.1) is 5.10 Å². The van der Waals surface area contributed by atoms with Crippen LogP contribution in [0.2, 0.25) is 0 Å². The number of nitrogens with zero attached hydrogens (tertiary/aromatic N) is 2. The normalized spacial score (nSPS) is 15.0. The van der Waals surface area contributed by atoms with E-state index in [9.17, 15) is 9.59 Å². The Bertz CT molecular complexity index is 1050. The number of hydrogen-bond donors (Lipinski definition) is 2. The van der Waals surface area contributed by atoms with Crippen molar-refractivity contribution in [3.63, 3.8) is 0 Å². The van der Waals surface area contributed by atoms with Crippen LogP contribution in [0.4, 0.5) is 0 Å². The molecule has 3 aromatic rings. The van der Waals surface area contributed by atoms with Crippen molar-refractivity contribution >= 4 is 17.7 Å². The van der Waals surface area contributed by atoms with Gasteiger partial charge in [-0.1, -0.05) is 54.2 Å². The predicted octanol–water partition coefficient (Wildman–Crippen LogP) is 1.86. The molecular weight excluding hydrogens is 404 g/mol. The molecule has 4 rings (SSSR count). The van der Waals surface area contributed by atoms with E-state index in [1.54, 1.807) is 4.57 Å². The number of aromatic nitrogens is 3. The SMILES string of the molecule is O=C(CSc1n[nH]c(=O)n1CCc1ccccc1)NC[C@@H]1COc2ccccc2O1. The lowest BCUT2D eigenvalue weighted by molar-refractivity contribution is -0.119. The molecule has 1 amide bonds. The number of amides is 1. The van der Waals surface area contributed by atoms with Crippen LogP contribution < -0.4 is 20.5 Å². The highest BCUT2D eigenvalue weighted by Gasteiger charge is 2.21. The number of nitrogens with one attached hydrogen (secondary N) is 2. The third kappa shape index (κ3) is 5.04. The molecule has 0 unspecified atom stereocenters. The topological polar surface area (TPSA) is 98.2 Å². The molecule has 2 aromatic carbocycles. The second-order valence-corrected chi connectivity index (χ2v) is 7.73. The molecule has 1 aliphatic heterocycles. The lowest BCUT2D eigenvalue weighted by atomic mass is 10.1. The Morgan fingerprint density at radius 1 is 1.17 bits per heavy atom. The zero-order chi connectivity index (χ0) is 20.8. The van der Waals surface area contributed by atoms with E-state index >= 15 is 0 Å². The van der Waals surface area contributed by atoms with Gasteiger partial charge in [0.05, 0.1) is 12.3 Å². The van der Waals surface area contributed by atoms with Crippen molar-refractivity contribution in [2.75, 3.05) is 18.9 Å². The molecule has 0 fully saturated rings. The van der Waals surface area contributed by atoms with Crippen LogP contribution in [0.3, 0.4) is 0 Å². The Morgan fingerprint density at radius 3 is 2.77 bits per heavy atom. The first-order chi connectivity index (χ1) is 14.7. The number of fused-ring (bicyclic) bond motifs is 1. The number of hydrogen-bond acceptors (Lipinski definition) is 6. The molecule has 0 radical (unpaired) electrons. The van der Waals surface area contributed by atoms with E-state index in [2.05, 4.69) is 15.5 Å². The van der Waals surface area contributed by atoms with E-state index in [4.69, 9.17) is 9.47 Å².